The SMILES string of the molecule is CC(C)CCC1=CC[C-]=C1.[Cl-].[Cl-].[Zr+3]. The van der Waals surface area contributed by atoms with Gasteiger partial charge in [-0.15, -0.1) is 6.42 Å². The molecular formula is C10H15Cl2Zr. The predicted molar refractivity (Wildman–Crippen MR) is 44.6 cm³/mol. The van der Waals surface area contributed by atoms with Crippen molar-refractivity contribution in [2.24, 2.45) is 5.92 Å². The van der Waals surface area contributed by atoms with E-state index in [4.69, 9.17) is 0 Å². The van der Waals surface area contributed by atoms with Crippen molar-refractivity contribution in [3.05, 3.63) is 23.8 Å². The summed E-state index contributed by atoms with van der Waals surface area (Å²) in [5.41, 5.74) is 1.48. The Balaban J connectivity index is -0.000000333. The van der Waals surface area contributed by atoms with Crippen molar-refractivity contribution in [3.63, 3.8) is 0 Å². The van der Waals surface area contributed by atoms with Crippen LogP contribution in [0.2, 0.25) is 0 Å². The maximum absolute atomic E-state index is 3.18. The molecule has 0 N–H and O–H groups in total. The molecule has 0 aromatic rings. The van der Waals surface area contributed by atoms with E-state index >= 15 is 0 Å². The van der Waals surface area contributed by atoms with Crippen molar-refractivity contribution in [2.75, 3.05) is 0 Å². The van der Waals surface area contributed by atoms with Crippen LogP contribution in [0.4, 0.5) is 0 Å². The van der Waals surface area contributed by atoms with Crippen LogP contribution in [0.5, 0.6) is 0 Å². The number of hydrogen-bond donors (Lipinski definition) is 0. The minimum absolute atomic E-state index is 0. The van der Waals surface area contributed by atoms with E-state index in [-0.39, 0.29) is 51.0 Å². The molecule has 3 heteroatoms. The molecule has 0 unspecified atom stereocenters. The van der Waals surface area contributed by atoms with Crippen LogP contribution in [0.15, 0.2) is 17.7 Å². The molecule has 1 aliphatic carbocycles. The minimum Gasteiger partial charge on any atom is -1.00 e. The Morgan fingerprint density at radius 3 is 2.38 bits per heavy atom. The molecule has 0 fully saturated rings. The van der Waals surface area contributed by atoms with Gasteiger partial charge in [0.15, 0.2) is 0 Å². The van der Waals surface area contributed by atoms with Gasteiger partial charge in [-0.05, 0) is 5.92 Å². The molecule has 0 saturated carbocycles. The van der Waals surface area contributed by atoms with Crippen molar-refractivity contribution >= 4 is 0 Å². The topological polar surface area (TPSA) is 0 Å². The Bertz CT molecular complexity index is 162. The maximum atomic E-state index is 3.18. The van der Waals surface area contributed by atoms with Crippen LogP contribution in [-0.2, 0) is 26.2 Å². The normalized spacial score (nSPS) is 12.7. The first kappa shape index (κ1) is 19.5. The number of hydrogen-bond acceptors (Lipinski definition) is 0. The molecule has 0 amide bonds. The summed E-state index contributed by atoms with van der Waals surface area (Å²) in [7, 11) is 0. The number of halogens is 2. The zero-order valence-electron chi connectivity index (χ0n) is 8.11. The largest absolute Gasteiger partial charge is 3.00 e. The summed E-state index contributed by atoms with van der Waals surface area (Å²) < 4.78 is 0. The van der Waals surface area contributed by atoms with Crippen molar-refractivity contribution in [2.45, 2.75) is 33.1 Å². The Morgan fingerprint density at radius 2 is 2.00 bits per heavy atom. The molecule has 1 radical (unpaired) electrons. The van der Waals surface area contributed by atoms with Gasteiger partial charge in [-0.25, -0.2) is 11.6 Å². The molecule has 0 saturated heterocycles. The van der Waals surface area contributed by atoms with E-state index in [2.05, 4.69) is 32.1 Å². The molecule has 0 bridgehead atoms. The fourth-order valence-corrected chi connectivity index (χ4v) is 1.07. The van der Waals surface area contributed by atoms with Gasteiger partial charge in [-0.3, -0.25) is 6.08 Å². The fraction of sp³-hybridized carbons (Fsp3) is 0.600. The zero-order chi connectivity index (χ0) is 7.40. The average molecular weight is 297 g/mol. The molecule has 0 aromatic heterocycles. The van der Waals surface area contributed by atoms with E-state index in [0.29, 0.717) is 0 Å². The van der Waals surface area contributed by atoms with Gasteiger partial charge in [-0.2, -0.15) is 6.08 Å². The Morgan fingerprint density at radius 1 is 1.38 bits per heavy atom. The zero-order valence-corrected chi connectivity index (χ0v) is 12.1. The molecule has 0 atom stereocenters. The van der Waals surface area contributed by atoms with Crippen molar-refractivity contribution in [1.82, 2.24) is 0 Å². The third-order valence-corrected chi connectivity index (χ3v) is 1.78. The smallest absolute Gasteiger partial charge is 1.00 e. The third kappa shape index (κ3) is 9.25. The monoisotopic (exact) mass is 295 g/mol. The predicted octanol–water partition coefficient (Wildman–Crippen LogP) is -2.88. The van der Waals surface area contributed by atoms with Crippen LogP contribution < -0.4 is 24.8 Å². The fourth-order valence-electron chi connectivity index (χ4n) is 1.07. The Hall–Kier alpha value is 0.943. The Kier molecular flexibility index (Phi) is 16.5. The van der Waals surface area contributed by atoms with Crippen molar-refractivity contribution in [1.29, 1.82) is 0 Å². The number of rotatable bonds is 3. The molecule has 1 aliphatic rings. The van der Waals surface area contributed by atoms with Gasteiger partial charge >= 0.3 is 26.2 Å². The van der Waals surface area contributed by atoms with Crippen LogP contribution in [0.1, 0.15) is 33.1 Å². The van der Waals surface area contributed by atoms with Gasteiger partial charge in [0, 0.05) is 0 Å². The second-order valence-corrected chi connectivity index (χ2v) is 3.26. The first-order chi connectivity index (χ1) is 4.79. The van der Waals surface area contributed by atoms with E-state index in [1.165, 1.54) is 18.4 Å². The van der Waals surface area contributed by atoms with E-state index < -0.39 is 0 Å². The first-order valence-electron chi connectivity index (χ1n) is 4.04. The average Bonchev–Trinajstić information content (AvgIpc) is 2.34. The summed E-state index contributed by atoms with van der Waals surface area (Å²) in [6.07, 6.45) is 11.2. The van der Waals surface area contributed by atoms with Gasteiger partial charge in [0.1, 0.15) is 0 Å². The first-order valence-corrected chi connectivity index (χ1v) is 4.04. The van der Waals surface area contributed by atoms with Crippen LogP contribution in [0, 0.1) is 12.0 Å². The molecular weight excluding hydrogens is 282 g/mol. The van der Waals surface area contributed by atoms with Gasteiger partial charge < -0.3 is 24.8 Å². The summed E-state index contributed by atoms with van der Waals surface area (Å²) >= 11 is 0. The molecule has 0 spiro atoms. The Labute approximate surface area is 113 Å². The van der Waals surface area contributed by atoms with Crippen LogP contribution in [0.25, 0.3) is 0 Å². The van der Waals surface area contributed by atoms with E-state index in [1.807, 2.05) is 0 Å². The maximum Gasteiger partial charge on any atom is 3.00 e. The van der Waals surface area contributed by atoms with Crippen LogP contribution in [0.3, 0.4) is 0 Å². The summed E-state index contributed by atoms with van der Waals surface area (Å²) in [4.78, 5) is 0. The third-order valence-electron chi connectivity index (χ3n) is 1.78. The molecule has 0 heterocycles. The van der Waals surface area contributed by atoms with Crippen molar-refractivity contribution < 1.29 is 51.0 Å². The molecule has 13 heavy (non-hydrogen) atoms. The molecule has 1 rings (SSSR count). The van der Waals surface area contributed by atoms with Crippen LogP contribution in [-0.4, -0.2) is 0 Å². The van der Waals surface area contributed by atoms with E-state index in [0.717, 1.165) is 12.3 Å². The van der Waals surface area contributed by atoms with E-state index in [9.17, 15) is 0 Å². The second-order valence-electron chi connectivity index (χ2n) is 3.26. The quantitative estimate of drug-likeness (QED) is 0.491. The minimum atomic E-state index is 0. The van der Waals surface area contributed by atoms with Gasteiger partial charge in [0.25, 0.3) is 0 Å². The van der Waals surface area contributed by atoms with E-state index in [1.54, 1.807) is 0 Å². The molecule has 0 nitrogen and oxygen atoms in total. The summed E-state index contributed by atoms with van der Waals surface area (Å²) in [6, 6.07) is 0. The summed E-state index contributed by atoms with van der Waals surface area (Å²) in [5.74, 6) is 0.829. The summed E-state index contributed by atoms with van der Waals surface area (Å²) in [6.45, 7) is 4.53. The van der Waals surface area contributed by atoms with Gasteiger partial charge in [0.2, 0.25) is 0 Å². The molecule has 0 aliphatic heterocycles. The summed E-state index contributed by atoms with van der Waals surface area (Å²) in [5, 5.41) is 0. The van der Waals surface area contributed by atoms with Crippen molar-refractivity contribution in [3.8, 4) is 0 Å². The standard InChI is InChI=1S/C10H15.2ClH.Zr/c1-9(2)7-8-10-5-3-4-6-10;;;/h5-6,9H,3,7-8H2,1-2H3;2*1H;/q-1;;;+3/p-2. The number of allylic oxidation sites excluding steroid dienone is 4. The second kappa shape index (κ2) is 11.0. The van der Waals surface area contributed by atoms with Gasteiger partial charge in [0.05, 0.1) is 0 Å². The molecule has 73 valence electrons. The molecule has 0 aromatic carbocycles. The van der Waals surface area contributed by atoms with Gasteiger partial charge in [-0.1, -0.05) is 26.7 Å². The van der Waals surface area contributed by atoms with Crippen LogP contribution >= 0.6 is 0 Å².